The van der Waals surface area contributed by atoms with Crippen LogP contribution >= 0.6 is 15.6 Å². The Morgan fingerprint density at radius 1 is 0.978 bits per heavy atom. The quantitative estimate of drug-likeness (QED) is 0.0458. The number of phosphoric ester groups is 2. The fraction of sp³-hybridized carbons (Fsp3) is 0.526. The van der Waals surface area contributed by atoms with Gasteiger partial charge in [-0.1, -0.05) is 5.11 Å². The molecule has 3 aromatic rings. The number of nitrogens with one attached hydrogen (secondary N) is 1. The second-order valence-electron chi connectivity index (χ2n) is 9.47. The van der Waals surface area contributed by atoms with Crippen molar-refractivity contribution >= 4 is 32.6 Å². The van der Waals surface area contributed by atoms with Gasteiger partial charge in [0.05, 0.1) is 32.0 Å². The summed E-state index contributed by atoms with van der Waals surface area (Å²) in [4.78, 5) is 74.4. The monoisotopic (exact) mass is 696 g/mol. The minimum atomic E-state index is -4.78. The lowest BCUT2D eigenvalue weighted by Crippen LogP contribution is -2.36. The first-order valence-electron chi connectivity index (χ1n) is 12.5. The molecule has 0 aliphatic carbocycles. The van der Waals surface area contributed by atoms with Crippen LogP contribution in [0.1, 0.15) is 12.5 Å². The van der Waals surface area contributed by atoms with Crippen LogP contribution in [-0.4, -0.2) is 114 Å². The number of nitrogens with two attached hydrogens (primary N) is 1. The van der Waals surface area contributed by atoms with E-state index in [-0.39, 0.29) is 17.0 Å². The third-order valence-corrected chi connectivity index (χ3v) is 7.41. The lowest BCUT2D eigenvalue weighted by Gasteiger charge is -2.16. The van der Waals surface area contributed by atoms with E-state index >= 15 is 0 Å². The first kappa shape index (κ1) is 35.2. The minimum absolute atomic E-state index is 0.00944. The average molecular weight is 696 g/mol. The van der Waals surface area contributed by atoms with Crippen LogP contribution in [0.4, 0.5) is 5.82 Å². The summed E-state index contributed by atoms with van der Waals surface area (Å²) < 4.78 is 42.9. The van der Waals surface area contributed by atoms with E-state index in [1.807, 2.05) is 0 Å². The standard InChI is InChI=1S/C10H12N7O7P.C9H14N3O8P/c11-16-15-5-7(18)4(1-23-25(20,21)22)24-10(5)17-3-14-6-8(17)12-2-13-9(6)19;10-5-1-2-12(9(15)11-5)8-7(14)6(13)4(20-8)3-19-21(16,17)18/h2-5,7,10,18H,1H2,(H,12,13,19)(H2,20,21,22);1-2,4,6-8,13-14H,3H2,(H2,10,11,15)(H2,16,17,18). The molecule has 46 heavy (non-hydrogen) atoms. The first-order chi connectivity index (χ1) is 21.5. The van der Waals surface area contributed by atoms with Gasteiger partial charge in [-0.3, -0.25) is 23.0 Å². The molecule has 0 spiro atoms. The second-order valence-corrected chi connectivity index (χ2v) is 11.9. The van der Waals surface area contributed by atoms with E-state index in [4.69, 9.17) is 40.3 Å². The molecule has 25 nitrogen and oxygen atoms in total. The van der Waals surface area contributed by atoms with Gasteiger partial charge in [0.25, 0.3) is 5.56 Å². The van der Waals surface area contributed by atoms with E-state index in [0.717, 1.165) is 10.9 Å². The van der Waals surface area contributed by atoms with Crippen molar-refractivity contribution < 1.29 is 62.5 Å². The maximum Gasteiger partial charge on any atom is 0.469 e. The van der Waals surface area contributed by atoms with Crippen molar-refractivity contribution in [3.63, 3.8) is 0 Å². The number of H-pyrrole nitrogens is 1. The van der Waals surface area contributed by atoms with Gasteiger partial charge in [-0.05, 0) is 11.6 Å². The van der Waals surface area contributed by atoms with Gasteiger partial charge in [-0.25, -0.2) is 23.9 Å². The van der Waals surface area contributed by atoms with Crippen molar-refractivity contribution in [1.82, 2.24) is 29.1 Å². The molecular formula is C19H26N10O15P2. The van der Waals surface area contributed by atoms with Crippen molar-refractivity contribution in [2.45, 2.75) is 49.0 Å². The number of anilines is 1. The Kier molecular flexibility index (Phi) is 10.7. The van der Waals surface area contributed by atoms with E-state index < -0.39 is 89.1 Å². The number of ether oxygens (including phenoxy) is 2. The molecule has 8 atom stereocenters. The van der Waals surface area contributed by atoms with Crippen LogP contribution in [0.15, 0.2) is 39.6 Å². The summed E-state index contributed by atoms with van der Waals surface area (Å²) in [5, 5.41) is 33.3. The van der Waals surface area contributed by atoms with Crippen LogP contribution in [0.2, 0.25) is 0 Å². The number of nitrogen functional groups attached to an aromatic ring is 1. The second kappa shape index (κ2) is 14.0. The summed E-state index contributed by atoms with van der Waals surface area (Å²) in [6, 6.07) is 0.137. The van der Waals surface area contributed by atoms with Crippen LogP contribution in [0.25, 0.3) is 21.6 Å². The molecule has 3 aromatic heterocycles. The molecule has 252 valence electrons. The molecule has 2 aliphatic rings. The van der Waals surface area contributed by atoms with Crippen molar-refractivity contribution in [3.8, 4) is 0 Å². The zero-order chi connectivity index (χ0) is 34.0. The number of rotatable bonds is 9. The Bertz CT molecular complexity index is 1800. The summed E-state index contributed by atoms with van der Waals surface area (Å²) in [5.41, 5.74) is 12.9. The SMILES string of the molecule is Nc1ccn(C2OC(COP(=O)(O)O)C(O)C2O)c(=O)n1.[N-]=[N+]=NC1C(O)C(COP(=O)(O)O)OC1n1cnc2c(=O)[nH]cnc21. The molecule has 0 amide bonds. The van der Waals surface area contributed by atoms with Gasteiger partial charge in [0.2, 0.25) is 0 Å². The Hall–Kier alpha value is -3.64. The Balaban J connectivity index is 0.000000212. The van der Waals surface area contributed by atoms with Crippen LogP contribution < -0.4 is 17.0 Å². The van der Waals surface area contributed by atoms with E-state index in [0.29, 0.717) is 0 Å². The summed E-state index contributed by atoms with van der Waals surface area (Å²) >= 11 is 0. The third-order valence-electron chi connectivity index (χ3n) is 6.44. The molecule has 0 aromatic carbocycles. The number of phosphoric acid groups is 2. The maximum absolute atomic E-state index is 11.7. The maximum atomic E-state index is 11.7. The highest BCUT2D eigenvalue weighted by molar-refractivity contribution is 7.46. The Labute approximate surface area is 253 Å². The molecule has 2 fully saturated rings. The number of fused-ring (bicyclic) bond motifs is 1. The van der Waals surface area contributed by atoms with Gasteiger partial charge in [0.1, 0.15) is 42.5 Å². The summed E-state index contributed by atoms with van der Waals surface area (Å²) in [6.45, 7) is -1.30. The molecule has 2 aliphatic heterocycles. The largest absolute Gasteiger partial charge is 0.469 e. The fourth-order valence-corrected chi connectivity index (χ4v) is 5.07. The smallest absolute Gasteiger partial charge is 0.390 e. The number of hydrogen-bond donors (Lipinski definition) is 9. The lowest BCUT2D eigenvalue weighted by atomic mass is 10.1. The minimum Gasteiger partial charge on any atom is -0.390 e. The highest BCUT2D eigenvalue weighted by Crippen LogP contribution is 2.40. The van der Waals surface area contributed by atoms with Crippen LogP contribution in [0.5, 0.6) is 0 Å². The van der Waals surface area contributed by atoms with Crippen LogP contribution in [0, 0.1) is 0 Å². The average Bonchev–Trinajstić information content (AvgIpc) is 3.61. The van der Waals surface area contributed by atoms with Gasteiger partial charge < -0.3 is 55.1 Å². The number of aliphatic hydroxyl groups excluding tert-OH is 3. The summed E-state index contributed by atoms with van der Waals surface area (Å²) in [5.74, 6) is -0.0225. The molecule has 8 unspecified atom stereocenters. The van der Waals surface area contributed by atoms with E-state index in [1.54, 1.807) is 0 Å². The number of aliphatic hydroxyl groups is 3. The van der Waals surface area contributed by atoms with Crippen molar-refractivity contribution in [1.29, 1.82) is 0 Å². The number of nitrogens with zero attached hydrogens (tertiary/aromatic N) is 8. The number of azide groups is 1. The van der Waals surface area contributed by atoms with Gasteiger partial charge in [-0.15, -0.1) is 0 Å². The molecule has 5 heterocycles. The summed E-state index contributed by atoms with van der Waals surface area (Å²) in [6.07, 6.45) is -5.61. The van der Waals surface area contributed by atoms with Crippen molar-refractivity contribution in [2.75, 3.05) is 18.9 Å². The number of imidazole rings is 1. The van der Waals surface area contributed by atoms with Gasteiger partial charge >= 0.3 is 21.3 Å². The zero-order valence-electron chi connectivity index (χ0n) is 22.8. The number of aromatic nitrogens is 6. The van der Waals surface area contributed by atoms with E-state index in [9.17, 15) is 34.0 Å². The highest BCUT2D eigenvalue weighted by atomic mass is 31.2. The van der Waals surface area contributed by atoms with E-state index in [2.05, 4.69) is 39.0 Å². The van der Waals surface area contributed by atoms with Gasteiger partial charge in [0, 0.05) is 11.1 Å². The molecule has 10 N–H and O–H groups in total. The van der Waals surface area contributed by atoms with Gasteiger partial charge in [0.15, 0.2) is 17.4 Å². The van der Waals surface area contributed by atoms with Crippen LogP contribution in [0.3, 0.4) is 0 Å². The third kappa shape index (κ3) is 8.19. The number of aromatic amines is 1. The predicted octanol–water partition coefficient (Wildman–Crippen LogP) is -3.28. The van der Waals surface area contributed by atoms with Crippen molar-refractivity contribution in [2.24, 2.45) is 5.11 Å². The number of hydrogen-bond acceptors (Lipinski definition) is 16. The highest BCUT2D eigenvalue weighted by Gasteiger charge is 2.46. The molecular weight excluding hydrogens is 670 g/mol. The summed E-state index contributed by atoms with van der Waals surface area (Å²) in [7, 11) is -9.52. The molecule has 0 radical (unpaired) electrons. The molecule has 0 saturated carbocycles. The van der Waals surface area contributed by atoms with Crippen molar-refractivity contribution in [3.05, 3.63) is 56.2 Å². The molecule has 27 heteroatoms. The zero-order valence-corrected chi connectivity index (χ0v) is 24.6. The topological polar surface area (TPSA) is 386 Å². The fourth-order valence-electron chi connectivity index (χ4n) is 4.39. The Morgan fingerprint density at radius 3 is 2.17 bits per heavy atom. The molecule has 5 rings (SSSR count). The Morgan fingerprint density at radius 2 is 1.59 bits per heavy atom. The van der Waals surface area contributed by atoms with E-state index in [1.165, 1.54) is 23.2 Å². The molecule has 0 bridgehead atoms. The molecule has 2 saturated heterocycles. The first-order valence-corrected chi connectivity index (χ1v) is 15.6. The van der Waals surface area contributed by atoms with Crippen LogP contribution in [-0.2, 0) is 27.7 Å². The lowest BCUT2D eigenvalue weighted by molar-refractivity contribution is -0.0542. The normalized spacial score (nSPS) is 28.1. The van der Waals surface area contributed by atoms with Gasteiger partial charge in [-0.2, -0.15) is 4.98 Å². The predicted molar refractivity (Wildman–Crippen MR) is 146 cm³/mol.